The molecule has 2 aromatic carbocycles. The number of nitrogens with zero attached hydrogens (tertiary/aromatic N) is 2. The lowest BCUT2D eigenvalue weighted by molar-refractivity contribution is 0.589. The van der Waals surface area contributed by atoms with Crippen molar-refractivity contribution in [2.45, 2.75) is 0 Å². The van der Waals surface area contributed by atoms with Crippen molar-refractivity contribution < 1.29 is 0 Å². The molecular weight excluding hydrogens is 378 g/mol. The van der Waals surface area contributed by atoms with Crippen LogP contribution in [0.25, 0.3) is 16.8 Å². The van der Waals surface area contributed by atoms with E-state index in [0.29, 0.717) is 0 Å². The molecular formula is C23H27N5S. The van der Waals surface area contributed by atoms with Crippen LogP contribution in [0.1, 0.15) is 5.69 Å². The first-order chi connectivity index (χ1) is 14.2. The molecule has 0 aliphatic carbocycles. The lowest BCUT2D eigenvalue weighted by Crippen LogP contribution is -2.43. The van der Waals surface area contributed by atoms with Crippen LogP contribution in [-0.2, 0) is 0 Å². The van der Waals surface area contributed by atoms with Crippen LogP contribution in [0.4, 0.5) is 11.4 Å². The molecule has 0 amide bonds. The van der Waals surface area contributed by atoms with Gasteiger partial charge in [0.25, 0.3) is 0 Å². The van der Waals surface area contributed by atoms with Crippen molar-refractivity contribution in [1.82, 2.24) is 9.69 Å². The van der Waals surface area contributed by atoms with Gasteiger partial charge in [-0.15, -0.1) is 0 Å². The third-order valence-corrected chi connectivity index (χ3v) is 5.21. The number of benzene rings is 2. The number of hydrogen-bond acceptors (Lipinski definition) is 6. The smallest absolute Gasteiger partial charge is 0.107 e. The molecule has 2 heterocycles. The normalized spacial score (nSPS) is 13.2. The van der Waals surface area contributed by atoms with Gasteiger partial charge in [-0.2, -0.15) is 4.37 Å². The fourth-order valence-electron chi connectivity index (χ4n) is 3.19. The van der Waals surface area contributed by atoms with Gasteiger partial charge in [0.1, 0.15) is 5.69 Å². The summed E-state index contributed by atoms with van der Waals surface area (Å²) in [6.07, 6.45) is 1.25. The second-order valence-corrected chi connectivity index (χ2v) is 7.20. The molecule has 0 radical (unpaired) electrons. The van der Waals surface area contributed by atoms with Crippen molar-refractivity contribution in [2.75, 3.05) is 36.4 Å². The van der Waals surface area contributed by atoms with Gasteiger partial charge in [0, 0.05) is 48.5 Å². The summed E-state index contributed by atoms with van der Waals surface area (Å²) in [5, 5.41) is 8.86. The zero-order chi connectivity index (χ0) is 20.5. The number of nitrogens with one attached hydrogen (secondary N) is 2. The quantitative estimate of drug-likeness (QED) is 0.587. The first-order valence-electron chi connectivity index (χ1n) is 9.57. The summed E-state index contributed by atoms with van der Waals surface area (Å²) in [4.78, 5) is 2.41. The van der Waals surface area contributed by atoms with Gasteiger partial charge in [-0.1, -0.05) is 43.5 Å². The van der Waals surface area contributed by atoms with Gasteiger partial charge < -0.3 is 21.3 Å². The average molecular weight is 406 g/mol. The third-order valence-electron chi connectivity index (χ3n) is 4.58. The second kappa shape index (κ2) is 10.5. The molecule has 1 fully saturated rings. The van der Waals surface area contributed by atoms with Gasteiger partial charge in [0.05, 0.1) is 5.70 Å². The Balaban J connectivity index is 0.000000755. The number of anilines is 2. The topological polar surface area (TPSA) is 66.2 Å². The van der Waals surface area contributed by atoms with Crippen molar-refractivity contribution >= 4 is 28.6 Å². The van der Waals surface area contributed by atoms with Crippen molar-refractivity contribution in [3.05, 3.63) is 85.0 Å². The maximum atomic E-state index is 4.61. The lowest BCUT2D eigenvalue weighted by atomic mass is 10.1. The Morgan fingerprint density at radius 2 is 1.76 bits per heavy atom. The third kappa shape index (κ3) is 5.47. The van der Waals surface area contributed by atoms with E-state index in [1.165, 1.54) is 23.4 Å². The van der Waals surface area contributed by atoms with E-state index in [2.05, 4.69) is 80.6 Å². The van der Waals surface area contributed by atoms with Crippen molar-refractivity contribution in [3.63, 3.8) is 0 Å². The van der Waals surface area contributed by atoms with E-state index in [4.69, 9.17) is 0 Å². The van der Waals surface area contributed by atoms with Crippen LogP contribution in [0.3, 0.4) is 0 Å². The van der Waals surface area contributed by atoms with E-state index in [-0.39, 0.29) is 0 Å². The largest absolute Gasteiger partial charge is 0.405 e. The summed E-state index contributed by atoms with van der Waals surface area (Å²) in [6.45, 7) is 11.5. The van der Waals surface area contributed by atoms with Gasteiger partial charge >= 0.3 is 0 Å². The van der Waals surface area contributed by atoms with E-state index in [1.54, 1.807) is 0 Å². The molecule has 0 bridgehead atoms. The molecule has 150 valence electrons. The maximum absolute atomic E-state index is 4.61. The van der Waals surface area contributed by atoms with Gasteiger partial charge in [-0.05, 0) is 47.6 Å². The molecule has 4 N–H and O–H groups in total. The van der Waals surface area contributed by atoms with E-state index in [9.17, 15) is 0 Å². The minimum absolute atomic E-state index is 0.819. The highest BCUT2D eigenvalue weighted by Gasteiger charge is 2.13. The van der Waals surface area contributed by atoms with E-state index in [0.717, 1.165) is 54.4 Å². The molecule has 3 aromatic rings. The fraction of sp³-hybridized carbons (Fsp3) is 0.174. The van der Waals surface area contributed by atoms with Crippen molar-refractivity contribution in [2.24, 2.45) is 5.73 Å². The Kier molecular flexibility index (Phi) is 7.44. The highest BCUT2D eigenvalue weighted by atomic mass is 32.1. The van der Waals surface area contributed by atoms with Crippen LogP contribution in [0.15, 0.2) is 79.3 Å². The number of piperazine rings is 1. The zero-order valence-electron chi connectivity index (χ0n) is 16.5. The molecule has 0 atom stereocenters. The van der Waals surface area contributed by atoms with Crippen LogP contribution in [-0.4, -0.2) is 30.6 Å². The molecule has 1 aromatic heterocycles. The Morgan fingerprint density at radius 3 is 2.41 bits per heavy atom. The Bertz CT molecular complexity index is 912. The molecule has 6 heteroatoms. The molecule has 0 spiro atoms. The number of nitrogens with two attached hydrogens (primary N) is 1. The first kappa shape index (κ1) is 20.6. The van der Waals surface area contributed by atoms with Gasteiger partial charge in [-0.25, -0.2) is 0 Å². The summed E-state index contributed by atoms with van der Waals surface area (Å²) in [5.74, 6) is 0. The molecule has 0 unspecified atom stereocenters. The number of aromatic nitrogens is 1. The Hall–Kier alpha value is -3.09. The van der Waals surface area contributed by atoms with Gasteiger partial charge in [-0.3, -0.25) is 0 Å². The van der Waals surface area contributed by atoms with Crippen LogP contribution in [0.5, 0.6) is 0 Å². The van der Waals surface area contributed by atoms with E-state index >= 15 is 0 Å². The fourth-order valence-corrected chi connectivity index (χ4v) is 3.91. The summed E-state index contributed by atoms with van der Waals surface area (Å²) in [7, 11) is 0. The van der Waals surface area contributed by atoms with Crippen LogP contribution >= 0.6 is 11.5 Å². The standard InChI is InChI=1S/C21H22N4S.C2H5N/c1-16(21-20(15-26-24-21)17-5-3-2-4-6-17)23-18-7-9-19(10-8-18)25-13-11-22-12-14-25;1-2-3/h2-10,15,22-23H,1,11-14H2;2H,1,3H2. The number of hydrogen-bond donors (Lipinski definition) is 3. The van der Waals surface area contributed by atoms with Gasteiger partial charge in [0.15, 0.2) is 0 Å². The predicted molar refractivity (Wildman–Crippen MR) is 126 cm³/mol. The predicted octanol–water partition coefficient (Wildman–Crippen LogP) is 4.39. The molecule has 29 heavy (non-hydrogen) atoms. The summed E-state index contributed by atoms with van der Waals surface area (Å²) in [6, 6.07) is 18.9. The summed E-state index contributed by atoms with van der Waals surface area (Å²) >= 11 is 1.46. The van der Waals surface area contributed by atoms with Crippen molar-refractivity contribution in [3.8, 4) is 11.1 Å². The highest BCUT2D eigenvalue weighted by molar-refractivity contribution is 7.04. The first-order valence-corrected chi connectivity index (χ1v) is 10.4. The van der Waals surface area contributed by atoms with E-state index in [1.807, 2.05) is 18.2 Å². The average Bonchev–Trinajstić information content (AvgIpc) is 3.26. The monoisotopic (exact) mass is 405 g/mol. The zero-order valence-corrected chi connectivity index (χ0v) is 17.3. The lowest BCUT2D eigenvalue weighted by Gasteiger charge is -2.29. The van der Waals surface area contributed by atoms with Crippen LogP contribution in [0.2, 0.25) is 0 Å². The second-order valence-electron chi connectivity index (χ2n) is 6.57. The minimum atomic E-state index is 0.819. The van der Waals surface area contributed by atoms with E-state index < -0.39 is 0 Å². The summed E-state index contributed by atoms with van der Waals surface area (Å²) in [5.41, 5.74) is 10.9. The molecule has 1 aliphatic rings. The molecule has 1 aliphatic heterocycles. The minimum Gasteiger partial charge on any atom is -0.405 e. The molecule has 4 rings (SSSR count). The maximum Gasteiger partial charge on any atom is 0.107 e. The molecule has 5 nitrogen and oxygen atoms in total. The van der Waals surface area contributed by atoms with Crippen molar-refractivity contribution in [1.29, 1.82) is 0 Å². The molecule has 1 saturated heterocycles. The number of rotatable bonds is 5. The van der Waals surface area contributed by atoms with Crippen LogP contribution < -0.4 is 21.3 Å². The summed E-state index contributed by atoms with van der Waals surface area (Å²) < 4.78 is 4.54. The molecule has 0 saturated carbocycles. The highest BCUT2D eigenvalue weighted by Crippen LogP contribution is 2.30. The SMILES string of the molecule is C=C(Nc1ccc(N2CCNCC2)cc1)c1nscc1-c1ccccc1.C=CN. The van der Waals surface area contributed by atoms with Crippen LogP contribution in [0, 0.1) is 0 Å². The Labute approximate surface area is 176 Å². The Morgan fingerprint density at radius 1 is 1.10 bits per heavy atom. The van der Waals surface area contributed by atoms with Gasteiger partial charge in [0.2, 0.25) is 0 Å².